The highest BCUT2D eigenvalue weighted by atomic mass is 19.1. The third kappa shape index (κ3) is 3.32. The van der Waals surface area contributed by atoms with Crippen molar-refractivity contribution >= 4 is 5.91 Å². The third-order valence-corrected chi connectivity index (χ3v) is 3.42. The van der Waals surface area contributed by atoms with Crippen LogP contribution in [0.3, 0.4) is 0 Å². The number of nitrogens with zero attached hydrogens (tertiary/aromatic N) is 1. The zero-order chi connectivity index (χ0) is 15.6. The van der Waals surface area contributed by atoms with Crippen LogP contribution in [0.4, 0.5) is 4.39 Å². The van der Waals surface area contributed by atoms with Gasteiger partial charge in [0.1, 0.15) is 11.5 Å². The van der Waals surface area contributed by atoms with Crippen molar-refractivity contribution in [3.05, 3.63) is 58.7 Å². The fourth-order valence-corrected chi connectivity index (χ4v) is 2.48. The van der Waals surface area contributed by atoms with Gasteiger partial charge >= 0.3 is 0 Å². The minimum atomic E-state index is -0.251. The maximum Gasteiger partial charge on any atom is 0.268 e. The van der Waals surface area contributed by atoms with Crippen LogP contribution in [-0.2, 0) is 6.54 Å². The summed E-state index contributed by atoms with van der Waals surface area (Å²) in [5.74, 6) is -0.370. The molecule has 2 rings (SSSR count). The Labute approximate surface area is 124 Å². The molecule has 0 bridgehead atoms. The molecule has 1 N–H and O–H groups in total. The number of aryl methyl sites for hydroxylation is 2. The third-order valence-electron chi connectivity index (χ3n) is 3.42. The van der Waals surface area contributed by atoms with Crippen molar-refractivity contribution < 1.29 is 9.18 Å². The van der Waals surface area contributed by atoms with Gasteiger partial charge in [-0.15, -0.1) is 0 Å². The Hall–Kier alpha value is -2.10. The minimum Gasteiger partial charge on any atom is -0.349 e. The van der Waals surface area contributed by atoms with Gasteiger partial charge in [0.05, 0.1) is 6.54 Å². The Morgan fingerprint density at radius 1 is 1.29 bits per heavy atom. The lowest BCUT2D eigenvalue weighted by Gasteiger charge is -2.14. The molecule has 0 aliphatic rings. The lowest BCUT2D eigenvalue weighted by atomic mass is 10.2. The van der Waals surface area contributed by atoms with E-state index in [1.165, 1.54) is 6.07 Å². The first-order valence-electron chi connectivity index (χ1n) is 7.11. The van der Waals surface area contributed by atoms with Gasteiger partial charge in [0.25, 0.3) is 5.91 Å². The van der Waals surface area contributed by atoms with Crippen LogP contribution in [0.5, 0.6) is 0 Å². The highest BCUT2D eigenvalue weighted by Crippen LogP contribution is 2.18. The van der Waals surface area contributed by atoms with Crippen molar-refractivity contribution in [2.45, 2.75) is 40.3 Å². The normalized spacial score (nSPS) is 11.0. The number of halogens is 1. The molecule has 0 spiro atoms. The molecule has 0 fully saturated rings. The summed E-state index contributed by atoms with van der Waals surface area (Å²) in [5, 5.41) is 2.90. The summed E-state index contributed by atoms with van der Waals surface area (Å²) in [7, 11) is 0. The second-order valence-electron chi connectivity index (χ2n) is 5.62. The number of benzene rings is 1. The van der Waals surface area contributed by atoms with Crippen LogP contribution in [0.15, 0.2) is 30.3 Å². The van der Waals surface area contributed by atoms with Crippen LogP contribution >= 0.6 is 0 Å². The van der Waals surface area contributed by atoms with E-state index in [0.717, 1.165) is 11.3 Å². The zero-order valence-corrected chi connectivity index (χ0v) is 12.9. The molecule has 1 aromatic carbocycles. The van der Waals surface area contributed by atoms with E-state index in [9.17, 15) is 9.18 Å². The van der Waals surface area contributed by atoms with Gasteiger partial charge in [0.2, 0.25) is 0 Å². The molecule has 4 heteroatoms. The number of nitrogens with one attached hydrogen (secondary N) is 1. The predicted octanol–water partition coefficient (Wildman–Crippen LogP) is 3.43. The highest BCUT2D eigenvalue weighted by molar-refractivity contribution is 5.94. The zero-order valence-electron chi connectivity index (χ0n) is 12.9. The van der Waals surface area contributed by atoms with Gasteiger partial charge in [0, 0.05) is 17.3 Å². The van der Waals surface area contributed by atoms with Gasteiger partial charge in [-0.05, 0) is 45.4 Å². The van der Waals surface area contributed by atoms with E-state index in [1.807, 2.05) is 38.3 Å². The quantitative estimate of drug-likeness (QED) is 0.919. The summed E-state index contributed by atoms with van der Waals surface area (Å²) in [5.41, 5.74) is 3.03. The van der Waals surface area contributed by atoms with E-state index in [1.54, 1.807) is 18.2 Å². The molecule has 1 aromatic heterocycles. The summed E-state index contributed by atoms with van der Waals surface area (Å²) in [6.07, 6.45) is 0. The van der Waals surface area contributed by atoms with Gasteiger partial charge in [-0.25, -0.2) is 4.39 Å². The molecule has 0 radical (unpaired) electrons. The van der Waals surface area contributed by atoms with E-state index in [-0.39, 0.29) is 17.8 Å². The summed E-state index contributed by atoms with van der Waals surface area (Å²) in [6, 6.07) is 8.67. The van der Waals surface area contributed by atoms with Crippen LogP contribution in [0.2, 0.25) is 0 Å². The van der Waals surface area contributed by atoms with Crippen LogP contribution < -0.4 is 5.32 Å². The number of hydrogen-bond donors (Lipinski definition) is 1. The molecule has 0 aliphatic carbocycles. The molecule has 1 heterocycles. The van der Waals surface area contributed by atoms with Crippen molar-refractivity contribution in [3.63, 3.8) is 0 Å². The summed E-state index contributed by atoms with van der Waals surface area (Å²) in [4.78, 5) is 12.4. The van der Waals surface area contributed by atoms with Gasteiger partial charge in [-0.2, -0.15) is 0 Å². The molecule has 0 atom stereocenters. The van der Waals surface area contributed by atoms with E-state index in [4.69, 9.17) is 0 Å². The first-order valence-corrected chi connectivity index (χ1v) is 7.11. The lowest BCUT2D eigenvalue weighted by molar-refractivity contribution is 0.0933. The van der Waals surface area contributed by atoms with Crippen molar-refractivity contribution in [3.8, 4) is 0 Å². The smallest absolute Gasteiger partial charge is 0.268 e. The monoisotopic (exact) mass is 288 g/mol. The second kappa shape index (κ2) is 6.12. The number of carbonyl (C=O) groups excluding carboxylic acids is 1. The van der Waals surface area contributed by atoms with Crippen LogP contribution in [0, 0.1) is 19.7 Å². The maximum atomic E-state index is 13.8. The van der Waals surface area contributed by atoms with E-state index >= 15 is 0 Å². The molecule has 1 amide bonds. The van der Waals surface area contributed by atoms with Gasteiger partial charge in [-0.1, -0.05) is 18.2 Å². The van der Waals surface area contributed by atoms with Crippen LogP contribution in [0.1, 0.15) is 41.2 Å². The fraction of sp³-hybridized carbons (Fsp3) is 0.353. The maximum absolute atomic E-state index is 13.8. The first kappa shape index (κ1) is 15.3. The molecule has 0 saturated carbocycles. The summed E-state index contributed by atoms with van der Waals surface area (Å²) in [6.45, 7) is 8.03. The SMILES string of the molecule is Cc1cc(C)n(Cc2ccccc2F)c1C(=O)NC(C)C. The van der Waals surface area contributed by atoms with Crippen LogP contribution in [-0.4, -0.2) is 16.5 Å². The standard InChI is InChI=1S/C17H21FN2O/c1-11(2)19-17(21)16-12(3)9-13(4)20(16)10-14-7-5-6-8-15(14)18/h5-9,11H,10H2,1-4H3,(H,19,21). The summed E-state index contributed by atoms with van der Waals surface area (Å²) < 4.78 is 15.7. The Balaban J connectivity index is 2.40. The Kier molecular flexibility index (Phi) is 4.46. The van der Waals surface area contributed by atoms with Crippen LogP contribution in [0.25, 0.3) is 0 Å². The van der Waals surface area contributed by atoms with E-state index < -0.39 is 0 Å². The molecule has 2 aromatic rings. The van der Waals surface area contributed by atoms with Gasteiger partial charge in [0.15, 0.2) is 0 Å². The van der Waals surface area contributed by atoms with E-state index in [0.29, 0.717) is 17.8 Å². The molecule has 0 unspecified atom stereocenters. The largest absolute Gasteiger partial charge is 0.349 e. The molecule has 0 aliphatic heterocycles. The summed E-state index contributed by atoms with van der Waals surface area (Å²) >= 11 is 0. The van der Waals surface area contributed by atoms with Crippen molar-refractivity contribution in [2.75, 3.05) is 0 Å². The number of hydrogen-bond acceptors (Lipinski definition) is 1. The fourth-order valence-electron chi connectivity index (χ4n) is 2.48. The highest BCUT2D eigenvalue weighted by Gasteiger charge is 2.18. The number of carbonyl (C=O) groups is 1. The Morgan fingerprint density at radius 2 is 1.95 bits per heavy atom. The average molecular weight is 288 g/mol. The molecule has 112 valence electrons. The number of rotatable bonds is 4. The molecule has 21 heavy (non-hydrogen) atoms. The number of aromatic nitrogens is 1. The predicted molar refractivity (Wildman–Crippen MR) is 82.0 cm³/mol. The van der Waals surface area contributed by atoms with Crippen molar-refractivity contribution in [2.24, 2.45) is 0 Å². The molecule has 0 saturated heterocycles. The minimum absolute atomic E-state index is 0.0639. The molecular formula is C17H21FN2O. The molecule has 3 nitrogen and oxygen atoms in total. The second-order valence-corrected chi connectivity index (χ2v) is 5.62. The lowest BCUT2D eigenvalue weighted by Crippen LogP contribution is -2.32. The first-order chi connectivity index (χ1) is 9.90. The van der Waals surface area contributed by atoms with Crippen molar-refractivity contribution in [1.82, 2.24) is 9.88 Å². The number of amides is 1. The van der Waals surface area contributed by atoms with Gasteiger partial charge < -0.3 is 9.88 Å². The van der Waals surface area contributed by atoms with Gasteiger partial charge in [-0.3, -0.25) is 4.79 Å². The van der Waals surface area contributed by atoms with E-state index in [2.05, 4.69) is 5.32 Å². The topological polar surface area (TPSA) is 34.0 Å². The molecular weight excluding hydrogens is 267 g/mol. The van der Waals surface area contributed by atoms with Crippen molar-refractivity contribution in [1.29, 1.82) is 0 Å². The Bertz CT molecular complexity index is 659. The Morgan fingerprint density at radius 3 is 2.57 bits per heavy atom. The average Bonchev–Trinajstić information content (AvgIpc) is 2.66.